The van der Waals surface area contributed by atoms with E-state index < -0.39 is 173 Å². The molecule has 5 saturated heterocycles. The van der Waals surface area contributed by atoms with Gasteiger partial charge in [0, 0.05) is 24.2 Å². The van der Waals surface area contributed by atoms with Crippen LogP contribution in [-0.4, -0.2) is 262 Å². The van der Waals surface area contributed by atoms with Gasteiger partial charge in [0.15, 0.2) is 30.9 Å². The molecule has 0 radical (unpaired) electrons. The zero-order chi connectivity index (χ0) is 55.1. The summed E-state index contributed by atoms with van der Waals surface area (Å²) in [6, 6.07) is 0. The molecular weight excluding hydrogens is 1010 g/mol. The van der Waals surface area contributed by atoms with Gasteiger partial charge in [0.25, 0.3) is 0 Å². The van der Waals surface area contributed by atoms with Crippen LogP contribution in [0.4, 0.5) is 0 Å². The first-order chi connectivity index (χ1) is 35.9. The van der Waals surface area contributed by atoms with Crippen molar-refractivity contribution in [3.8, 4) is 0 Å². The Morgan fingerprint density at radius 3 is 1.78 bits per heavy atom. The number of aliphatic hydroxyl groups is 16. The number of allylic oxidation sites excluding steroid dienone is 1. The van der Waals surface area contributed by atoms with E-state index in [0.29, 0.717) is 19.3 Å². The first-order valence-electron chi connectivity index (χ1n) is 27.2. The van der Waals surface area contributed by atoms with Gasteiger partial charge in [0.2, 0.25) is 0 Å². The van der Waals surface area contributed by atoms with Crippen molar-refractivity contribution in [3.63, 3.8) is 0 Å². The average molecular weight is 1100 g/mol. The maximum atomic E-state index is 12.2. The third-order valence-corrected chi connectivity index (χ3v) is 19.6. The van der Waals surface area contributed by atoms with Crippen molar-refractivity contribution in [2.45, 2.75) is 226 Å². The molecule has 0 spiro atoms. The Balaban J connectivity index is 0.811. The molecule has 5 aliphatic heterocycles. The first kappa shape index (κ1) is 59.4. The largest absolute Gasteiger partial charge is 0.394 e. The van der Waals surface area contributed by atoms with Crippen LogP contribution in [0.25, 0.3) is 0 Å². The second kappa shape index (κ2) is 23.2. The first-order valence-corrected chi connectivity index (χ1v) is 27.2. The summed E-state index contributed by atoms with van der Waals surface area (Å²) in [5.74, 6) is -0.994. The van der Waals surface area contributed by atoms with Crippen LogP contribution in [0, 0.1) is 46.3 Å². The van der Waals surface area contributed by atoms with Crippen LogP contribution in [0.1, 0.15) is 79.1 Å². The van der Waals surface area contributed by atoms with E-state index in [1.807, 2.05) is 6.92 Å². The van der Waals surface area contributed by atoms with Gasteiger partial charge in [-0.2, -0.15) is 0 Å². The topological polar surface area (TPSA) is 407 Å². The maximum Gasteiger partial charge on any atom is 0.187 e. The molecule has 16 N–H and O–H groups in total. The summed E-state index contributed by atoms with van der Waals surface area (Å²) in [7, 11) is 0. The van der Waals surface area contributed by atoms with Crippen LogP contribution in [0.3, 0.4) is 0 Å². The highest BCUT2D eigenvalue weighted by molar-refractivity contribution is 5.28. The quantitative estimate of drug-likeness (QED) is 0.0643. The highest BCUT2D eigenvalue weighted by Crippen LogP contribution is 2.70. The second-order valence-corrected chi connectivity index (χ2v) is 23.9. The highest BCUT2D eigenvalue weighted by Gasteiger charge is 2.69. The summed E-state index contributed by atoms with van der Waals surface area (Å²) in [5, 5.41) is 171. The van der Waals surface area contributed by atoms with Crippen molar-refractivity contribution in [3.05, 3.63) is 11.6 Å². The fraction of sp³-hybridized carbons (Fsp3) is 0.961. The van der Waals surface area contributed by atoms with Crippen molar-refractivity contribution in [1.82, 2.24) is 0 Å². The predicted molar refractivity (Wildman–Crippen MR) is 253 cm³/mol. The third-order valence-electron chi connectivity index (χ3n) is 19.6. The van der Waals surface area contributed by atoms with E-state index in [-0.39, 0.29) is 60.1 Å². The minimum absolute atomic E-state index is 0.0832. The van der Waals surface area contributed by atoms with Crippen LogP contribution in [0.2, 0.25) is 0 Å². The molecule has 8 fully saturated rings. The molecule has 0 aromatic rings. The van der Waals surface area contributed by atoms with E-state index in [0.717, 1.165) is 31.3 Å². The standard InChI is InChI=1S/C51H84O25/c1-19(18-68-45-40(64)36(60)33(57)27(14-52)70-45)7-10-51(67)20(2)32-26(76-51)13-25-23-6-5-21-11-22(12-31(56)50(21,4)24(23)8-9-49(25,32)3)69-46-42(66)39(63)43(30(17-55)73-46)74-48-44(38(62)35(59)29(16-54)72-48)75-47-41(65)37(61)34(58)28(15-53)71-47/h5,19-20,22-48,52-67H,6-18H2,1-4H3. The number of hydrogen-bond donors (Lipinski definition) is 16. The van der Waals surface area contributed by atoms with Crippen molar-refractivity contribution in [1.29, 1.82) is 0 Å². The zero-order valence-corrected chi connectivity index (χ0v) is 43.3. The van der Waals surface area contributed by atoms with Crippen LogP contribution in [0.15, 0.2) is 11.6 Å². The van der Waals surface area contributed by atoms with Gasteiger partial charge in [-0.05, 0) is 73.5 Å². The minimum atomic E-state index is -1.94. The summed E-state index contributed by atoms with van der Waals surface area (Å²) in [6.07, 6.45) is -27.7. The second-order valence-electron chi connectivity index (χ2n) is 23.9. The molecule has 0 bridgehead atoms. The number of hydrogen-bond acceptors (Lipinski definition) is 25. The highest BCUT2D eigenvalue weighted by atomic mass is 16.8. The van der Waals surface area contributed by atoms with E-state index in [4.69, 9.17) is 42.6 Å². The van der Waals surface area contributed by atoms with E-state index >= 15 is 0 Å². The Morgan fingerprint density at radius 1 is 0.618 bits per heavy atom. The van der Waals surface area contributed by atoms with Crippen molar-refractivity contribution < 1.29 is 124 Å². The lowest BCUT2D eigenvalue weighted by atomic mass is 9.46. The number of rotatable bonds is 16. The van der Waals surface area contributed by atoms with E-state index in [9.17, 15) is 81.7 Å². The van der Waals surface area contributed by atoms with Gasteiger partial charge in [0.05, 0.1) is 51.3 Å². The van der Waals surface area contributed by atoms with Crippen LogP contribution >= 0.6 is 0 Å². The molecule has 32 unspecified atom stereocenters. The molecule has 32 atom stereocenters. The fourth-order valence-electron chi connectivity index (χ4n) is 15.1. The SMILES string of the molecule is CC(CCC1(O)OC2CC3C4CC=C5CC(OC6OC(CO)C(OC7OC(CO)C(O)C(O)C7OC7OC(CO)C(O)C(O)C7O)C(O)C6O)CC(O)C5(C)C4CCC3(C)C2C1C)COC1OC(CO)C(O)C(O)C1O. The van der Waals surface area contributed by atoms with Gasteiger partial charge < -0.3 is 124 Å². The number of aliphatic hydroxyl groups excluding tert-OH is 15. The molecular formula is C51H84O25. The lowest BCUT2D eigenvalue weighted by molar-refractivity contribution is -0.390. The van der Waals surface area contributed by atoms with Crippen LogP contribution in [0.5, 0.6) is 0 Å². The zero-order valence-electron chi connectivity index (χ0n) is 43.3. The van der Waals surface area contributed by atoms with Crippen molar-refractivity contribution >= 4 is 0 Å². The van der Waals surface area contributed by atoms with Gasteiger partial charge in [0.1, 0.15) is 97.7 Å². The molecule has 0 aromatic carbocycles. The Labute approximate surface area is 440 Å². The number of ether oxygens (including phenoxy) is 9. The van der Waals surface area contributed by atoms with Crippen LogP contribution in [-0.2, 0) is 42.6 Å². The molecule has 3 saturated carbocycles. The molecule has 25 nitrogen and oxygen atoms in total. The fourth-order valence-corrected chi connectivity index (χ4v) is 15.1. The van der Waals surface area contributed by atoms with Gasteiger partial charge in [-0.1, -0.05) is 39.3 Å². The molecule has 0 amide bonds. The average Bonchev–Trinajstić information content (AvgIpc) is 3.88. The van der Waals surface area contributed by atoms with E-state index in [1.54, 1.807) is 0 Å². The van der Waals surface area contributed by atoms with Gasteiger partial charge in [-0.3, -0.25) is 0 Å². The predicted octanol–water partition coefficient (Wildman–Crippen LogP) is -5.06. The molecule has 5 heterocycles. The van der Waals surface area contributed by atoms with Gasteiger partial charge in [-0.15, -0.1) is 0 Å². The Morgan fingerprint density at radius 2 is 1.14 bits per heavy atom. The summed E-state index contributed by atoms with van der Waals surface area (Å²) in [5.41, 5.74) is 0.247. The van der Waals surface area contributed by atoms with E-state index in [2.05, 4.69) is 26.8 Å². The van der Waals surface area contributed by atoms with Crippen LogP contribution < -0.4 is 0 Å². The monoisotopic (exact) mass is 1100 g/mol. The normalized spacial score (nSPS) is 54.8. The number of fused-ring (bicyclic) bond motifs is 7. The molecule has 9 rings (SSSR count). The molecule has 4 aliphatic carbocycles. The smallest absolute Gasteiger partial charge is 0.187 e. The molecule has 76 heavy (non-hydrogen) atoms. The van der Waals surface area contributed by atoms with Crippen molar-refractivity contribution in [2.24, 2.45) is 46.3 Å². The summed E-state index contributed by atoms with van der Waals surface area (Å²) < 4.78 is 53.1. The Kier molecular flexibility index (Phi) is 18.1. The van der Waals surface area contributed by atoms with Crippen molar-refractivity contribution in [2.75, 3.05) is 33.0 Å². The summed E-state index contributed by atoms with van der Waals surface area (Å²) >= 11 is 0. The minimum Gasteiger partial charge on any atom is -0.394 e. The molecule has 0 aromatic heterocycles. The lowest BCUT2D eigenvalue weighted by Crippen LogP contribution is -2.67. The maximum absolute atomic E-state index is 12.2. The summed E-state index contributed by atoms with van der Waals surface area (Å²) in [6.45, 7) is 5.55. The Bertz CT molecular complexity index is 1970. The van der Waals surface area contributed by atoms with Gasteiger partial charge >= 0.3 is 0 Å². The van der Waals surface area contributed by atoms with E-state index in [1.165, 1.54) is 0 Å². The van der Waals surface area contributed by atoms with Gasteiger partial charge in [-0.25, -0.2) is 0 Å². The molecule has 9 aliphatic rings. The summed E-state index contributed by atoms with van der Waals surface area (Å²) in [4.78, 5) is 0. The Hall–Kier alpha value is -1.26. The molecule has 25 heteroatoms. The third kappa shape index (κ3) is 10.4. The lowest BCUT2D eigenvalue weighted by Gasteiger charge is -2.60. The molecule has 438 valence electrons.